The molecule has 1 aliphatic carbocycles. The molecule has 1 aliphatic rings. The van der Waals surface area contributed by atoms with Crippen LogP contribution in [0.4, 0.5) is 4.39 Å². The minimum Gasteiger partial charge on any atom is -0.237 e. The van der Waals surface area contributed by atoms with Crippen molar-refractivity contribution in [1.82, 2.24) is 9.97 Å². The SMILES string of the molecule is Fc1cccc(Cc2nc(Cl)cc(C3CC3)n2)c1. The summed E-state index contributed by atoms with van der Waals surface area (Å²) in [6.07, 6.45) is 2.86. The van der Waals surface area contributed by atoms with Crippen molar-refractivity contribution < 1.29 is 4.39 Å². The molecule has 3 rings (SSSR count). The van der Waals surface area contributed by atoms with Crippen molar-refractivity contribution in [3.8, 4) is 0 Å². The van der Waals surface area contributed by atoms with Crippen LogP contribution in [0.1, 0.15) is 35.8 Å². The smallest absolute Gasteiger partial charge is 0.134 e. The topological polar surface area (TPSA) is 25.8 Å². The average Bonchev–Trinajstić information content (AvgIpc) is 3.11. The molecule has 0 radical (unpaired) electrons. The summed E-state index contributed by atoms with van der Waals surface area (Å²) in [5, 5.41) is 0.471. The maximum Gasteiger partial charge on any atom is 0.134 e. The van der Waals surface area contributed by atoms with Crippen LogP contribution in [0.5, 0.6) is 0 Å². The summed E-state index contributed by atoms with van der Waals surface area (Å²) < 4.78 is 13.1. The summed E-state index contributed by atoms with van der Waals surface area (Å²) in [4.78, 5) is 8.70. The highest BCUT2D eigenvalue weighted by Gasteiger charge is 2.25. The van der Waals surface area contributed by atoms with E-state index < -0.39 is 0 Å². The molecule has 4 heteroatoms. The van der Waals surface area contributed by atoms with E-state index in [1.807, 2.05) is 12.1 Å². The zero-order chi connectivity index (χ0) is 12.5. The van der Waals surface area contributed by atoms with E-state index in [-0.39, 0.29) is 5.82 Å². The number of rotatable bonds is 3. The molecule has 0 unspecified atom stereocenters. The van der Waals surface area contributed by atoms with Crippen LogP contribution in [0.3, 0.4) is 0 Å². The van der Waals surface area contributed by atoms with Gasteiger partial charge in [0.1, 0.15) is 16.8 Å². The van der Waals surface area contributed by atoms with Crippen molar-refractivity contribution in [2.45, 2.75) is 25.2 Å². The second-order valence-electron chi connectivity index (χ2n) is 4.61. The average molecular weight is 263 g/mol. The first-order valence-corrected chi connectivity index (χ1v) is 6.36. The van der Waals surface area contributed by atoms with E-state index in [4.69, 9.17) is 11.6 Å². The maximum atomic E-state index is 13.1. The Morgan fingerprint density at radius 1 is 1.22 bits per heavy atom. The van der Waals surface area contributed by atoms with Gasteiger partial charge in [0.2, 0.25) is 0 Å². The van der Waals surface area contributed by atoms with E-state index in [2.05, 4.69) is 9.97 Å². The molecule has 2 aromatic rings. The zero-order valence-electron chi connectivity index (χ0n) is 9.74. The molecule has 0 aliphatic heterocycles. The van der Waals surface area contributed by atoms with Gasteiger partial charge >= 0.3 is 0 Å². The van der Waals surface area contributed by atoms with Crippen molar-refractivity contribution in [3.05, 3.63) is 58.4 Å². The fourth-order valence-corrected chi connectivity index (χ4v) is 2.19. The lowest BCUT2D eigenvalue weighted by Crippen LogP contribution is -2.00. The first-order chi connectivity index (χ1) is 8.70. The summed E-state index contributed by atoms with van der Waals surface area (Å²) in [6.45, 7) is 0. The molecular weight excluding hydrogens is 251 g/mol. The van der Waals surface area contributed by atoms with E-state index in [9.17, 15) is 4.39 Å². The van der Waals surface area contributed by atoms with Crippen LogP contribution in [-0.4, -0.2) is 9.97 Å². The van der Waals surface area contributed by atoms with Gasteiger partial charge in [-0.15, -0.1) is 0 Å². The monoisotopic (exact) mass is 262 g/mol. The van der Waals surface area contributed by atoms with E-state index in [0.717, 1.165) is 11.3 Å². The maximum absolute atomic E-state index is 13.1. The van der Waals surface area contributed by atoms with E-state index in [1.54, 1.807) is 6.07 Å². The lowest BCUT2D eigenvalue weighted by molar-refractivity contribution is 0.625. The summed E-state index contributed by atoms with van der Waals surface area (Å²) in [7, 11) is 0. The highest BCUT2D eigenvalue weighted by molar-refractivity contribution is 6.29. The highest BCUT2D eigenvalue weighted by Crippen LogP contribution is 2.39. The third kappa shape index (κ3) is 2.67. The first-order valence-electron chi connectivity index (χ1n) is 5.98. The largest absolute Gasteiger partial charge is 0.237 e. The van der Waals surface area contributed by atoms with Crippen LogP contribution in [-0.2, 0) is 6.42 Å². The molecule has 0 atom stereocenters. The predicted molar refractivity (Wildman–Crippen MR) is 68.2 cm³/mol. The quantitative estimate of drug-likeness (QED) is 0.788. The number of nitrogens with zero attached hydrogens (tertiary/aromatic N) is 2. The van der Waals surface area contributed by atoms with Gasteiger partial charge in [-0.2, -0.15) is 0 Å². The van der Waals surface area contributed by atoms with Crippen LogP contribution in [0, 0.1) is 5.82 Å². The van der Waals surface area contributed by atoms with Gasteiger partial charge in [-0.05, 0) is 36.6 Å². The van der Waals surface area contributed by atoms with Gasteiger partial charge in [-0.25, -0.2) is 14.4 Å². The molecule has 0 amide bonds. The summed E-state index contributed by atoms with van der Waals surface area (Å²) in [6, 6.07) is 8.31. The van der Waals surface area contributed by atoms with Gasteiger partial charge < -0.3 is 0 Å². The van der Waals surface area contributed by atoms with E-state index >= 15 is 0 Å². The Morgan fingerprint density at radius 2 is 2.06 bits per heavy atom. The molecular formula is C14H12ClFN2. The van der Waals surface area contributed by atoms with Crippen LogP contribution >= 0.6 is 11.6 Å². The molecule has 0 bridgehead atoms. The minimum atomic E-state index is -0.239. The Kier molecular flexibility index (Phi) is 3.00. The van der Waals surface area contributed by atoms with Gasteiger partial charge in [0, 0.05) is 18.0 Å². The third-order valence-corrected chi connectivity index (χ3v) is 3.20. The fraction of sp³-hybridized carbons (Fsp3) is 0.286. The molecule has 18 heavy (non-hydrogen) atoms. The van der Waals surface area contributed by atoms with Crippen molar-refractivity contribution in [3.63, 3.8) is 0 Å². The summed E-state index contributed by atoms with van der Waals surface area (Å²) in [5.41, 5.74) is 1.88. The summed E-state index contributed by atoms with van der Waals surface area (Å²) in [5.74, 6) is 0.962. The zero-order valence-corrected chi connectivity index (χ0v) is 10.5. The molecule has 1 aromatic carbocycles. The normalized spacial score (nSPS) is 14.8. The second kappa shape index (κ2) is 4.65. The van der Waals surface area contributed by atoms with Crippen molar-refractivity contribution in [1.29, 1.82) is 0 Å². The van der Waals surface area contributed by atoms with Crippen molar-refractivity contribution in [2.24, 2.45) is 0 Å². The second-order valence-corrected chi connectivity index (χ2v) is 5.00. The summed E-state index contributed by atoms with van der Waals surface area (Å²) >= 11 is 5.99. The van der Waals surface area contributed by atoms with Crippen LogP contribution in [0.2, 0.25) is 5.15 Å². The number of aromatic nitrogens is 2. The van der Waals surface area contributed by atoms with Gasteiger partial charge in [0.15, 0.2) is 0 Å². The molecule has 0 saturated heterocycles. The molecule has 1 heterocycles. The van der Waals surface area contributed by atoms with E-state index in [1.165, 1.54) is 25.0 Å². The van der Waals surface area contributed by atoms with Gasteiger partial charge in [-0.1, -0.05) is 23.7 Å². The fourth-order valence-electron chi connectivity index (χ4n) is 1.98. The lowest BCUT2D eigenvalue weighted by Gasteiger charge is -2.04. The first kappa shape index (κ1) is 11.6. The van der Waals surface area contributed by atoms with Crippen molar-refractivity contribution >= 4 is 11.6 Å². The number of hydrogen-bond donors (Lipinski definition) is 0. The molecule has 1 aromatic heterocycles. The molecule has 1 saturated carbocycles. The minimum absolute atomic E-state index is 0.239. The van der Waals surface area contributed by atoms with Crippen LogP contribution in [0.15, 0.2) is 30.3 Å². The number of halogens is 2. The van der Waals surface area contributed by atoms with E-state index in [0.29, 0.717) is 23.3 Å². The lowest BCUT2D eigenvalue weighted by atomic mass is 10.1. The van der Waals surface area contributed by atoms with Gasteiger partial charge in [0.05, 0.1) is 0 Å². The molecule has 0 spiro atoms. The van der Waals surface area contributed by atoms with Crippen LogP contribution in [0.25, 0.3) is 0 Å². The van der Waals surface area contributed by atoms with Crippen molar-refractivity contribution in [2.75, 3.05) is 0 Å². The molecule has 0 N–H and O–H groups in total. The standard InChI is InChI=1S/C14H12ClFN2/c15-13-8-12(10-4-5-10)17-14(18-13)7-9-2-1-3-11(16)6-9/h1-3,6,8,10H,4-5,7H2. The molecule has 1 fully saturated rings. The Bertz CT molecular complexity index is 582. The number of benzene rings is 1. The molecule has 2 nitrogen and oxygen atoms in total. The Hall–Kier alpha value is -1.48. The number of hydrogen-bond acceptors (Lipinski definition) is 2. The van der Waals surface area contributed by atoms with Gasteiger partial charge in [-0.3, -0.25) is 0 Å². The van der Waals surface area contributed by atoms with Crippen LogP contribution < -0.4 is 0 Å². The van der Waals surface area contributed by atoms with Gasteiger partial charge in [0.25, 0.3) is 0 Å². The molecule has 92 valence electrons. The Labute approximate surface area is 110 Å². The highest BCUT2D eigenvalue weighted by atomic mass is 35.5. The predicted octanol–water partition coefficient (Wildman–Crippen LogP) is 3.74. The third-order valence-electron chi connectivity index (χ3n) is 3.01. The Balaban J connectivity index is 1.87. The Morgan fingerprint density at radius 3 is 2.78 bits per heavy atom.